The summed E-state index contributed by atoms with van der Waals surface area (Å²) in [5.41, 5.74) is 0.897. The van der Waals surface area contributed by atoms with E-state index >= 15 is 0 Å². The van der Waals surface area contributed by atoms with Gasteiger partial charge in [-0.05, 0) is 43.5 Å². The lowest BCUT2D eigenvalue weighted by Crippen LogP contribution is -2.38. The van der Waals surface area contributed by atoms with Crippen molar-refractivity contribution in [3.8, 4) is 5.75 Å². The monoisotopic (exact) mass is 344 g/mol. The van der Waals surface area contributed by atoms with Crippen molar-refractivity contribution in [3.63, 3.8) is 0 Å². The van der Waals surface area contributed by atoms with Gasteiger partial charge in [0.05, 0.1) is 0 Å². The molecular formula is C20H28N2O3. The first kappa shape index (κ1) is 17.8. The molecule has 5 heteroatoms. The van der Waals surface area contributed by atoms with Gasteiger partial charge in [-0.25, -0.2) is 0 Å². The molecule has 136 valence electrons. The Morgan fingerprint density at radius 1 is 1.04 bits per heavy atom. The van der Waals surface area contributed by atoms with Gasteiger partial charge in [0.2, 0.25) is 5.91 Å². The Morgan fingerprint density at radius 2 is 1.72 bits per heavy atom. The minimum Gasteiger partial charge on any atom is -0.484 e. The van der Waals surface area contributed by atoms with Crippen LogP contribution in [0.1, 0.15) is 57.8 Å². The Morgan fingerprint density at radius 3 is 2.36 bits per heavy atom. The zero-order valence-corrected chi connectivity index (χ0v) is 14.8. The van der Waals surface area contributed by atoms with Gasteiger partial charge in [-0.3, -0.25) is 9.59 Å². The molecule has 0 aromatic heterocycles. The maximum Gasteiger partial charge on any atom is 0.258 e. The molecule has 1 aromatic rings. The first-order valence-corrected chi connectivity index (χ1v) is 9.55. The molecule has 1 N–H and O–H groups in total. The van der Waals surface area contributed by atoms with Crippen LogP contribution >= 0.6 is 0 Å². The van der Waals surface area contributed by atoms with Gasteiger partial charge in [0.1, 0.15) is 5.75 Å². The molecule has 1 saturated carbocycles. The highest BCUT2D eigenvalue weighted by Crippen LogP contribution is 2.24. The van der Waals surface area contributed by atoms with E-state index in [4.69, 9.17) is 4.74 Å². The second-order valence-electron chi connectivity index (χ2n) is 7.04. The summed E-state index contributed by atoms with van der Waals surface area (Å²) in [6.45, 7) is 0.821. The number of hydrogen-bond acceptors (Lipinski definition) is 3. The molecule has 2 aliphatic rings. The van der Waals surface area contributed by atoms with Crippen LogP contribution in [0.3, 0.4) is 0 Å². The van der Waals surface area contributed by atoms with Gasteiger partial charge < -0.3 is 15.0 Å². The smallest absolute Gasteiger partial charge is 0.258 e. The number of ether oxygens (including phenoxy) is 1. The van der Waals surface area contributed by atoms with Gasteiger partial charge in [0, 0.05) is 24.7 Å². The third kappa shape index (κ3) is 5.21. The summed E-state index contributed by atoms with van der Waals surface area (Å²) >= 11 is 0. The minimum absolute atomic E-state index is 0.0402. The largest absolute Gasteiger partial charge is 0.484 e. The lowest BCUT2D eigenvalue weighted by molar-refractivity contribution is -0.124. The van der Waals surface area contributed by atoms with Gasteiger partial charge in [0.15, 0.2) is 6.61 Å². The molecule has 25 heavy (non-hydrogen) atoms. The number of nitrogens with one attached hydrogen (secondary N) is 1. The van der Waals surface area contributed by atoms with Gasteiger partial charge in [-0.2, -0.15) is 0 Å². The maximum atomic E-state index is 12.1. The van der Waals surface area contributed by atoms with E-state index in [0.29, 0.717) is 18.2 Å². The molecule has 0 atom stereocenters. The molecule has 1 heterocycles. The molecule has 1 aliphatic carbocycles. The number of carbonyl (C=O) groups excluding carboxylic acids is 2. The molecule has 2 amide bonds. The summed E-state index contributed by atoms with van der Waals surface area (Å²) in [7, 11) is 0. The Bertz CT molecular complexity index is 577. The first-order chi connectivity index (χ1) is 12.2. The molecule has 0 unspecified atom stereocenters. The van der Waals surface area contributed by atoms with E-state index in [9.17, 15) is 9.59 Å². The number of carbonyl (C=O) groups is 2. The molecule has 1 saturated heterocycles. The van der Waals surface area contributed by atoms with Crippen LogP contribution in [0, 0.1) is 0 Å². The standard InChI is InChI=1S/C20H28N2O3/c23-19(21-16-7-4-2-1-3-5-8-16)15-25-18-12-10-17(11-13-18)22-14-6-9-20(22)24/h10-13,16H,1-9,14-15H2,(H,21,23). The number of anilines is 1. The Hall–Kier alpha value is -2.04. The Balaban J connectivity index is 1.44. The van der Waals surface area contributed by atoms with E-state index in [1.165, 1.54) is 32.1 Å². The Kier molecular flexibility index (Phi) is 6.31. The van der Waals surface area contributed by atoms with Crippen molar-refractivity contribution in [2.45, 2.75) is 63.8 Å². The highest BCUT2D eigenvalue weighted by atomic mass is 16.5. The first-order valence-electron chi connectivity index (χ1n) is 9.55. The van der Waals surface area contributed by atoms with Crippen molar-refractivity contribution in [3.05, 3.63) is 24.3 Å². The van der Waals surface area contributed by atoms with Crippen LogP contribution in [-0.4, -0.2) is 31.0 Å². The van der Waals surface area contributed by atoms with Crippen LogP contribution in [0.5, 0.6) is 5.75 Å². The molecule has 5 nitrogen and oxygen atoms in total. The van der Waals surface area contributed by atoms with E-state index in [0.717, 1.165) is 31.5 Å². The molecule has 2 fully saturated rings. The van der Waals surface area contributed by atoms with Gasteiger partial charge in [-0.1, -0.05) is 32.1 Å². The van der Waals surface area contributed by atoms with E-state index in [1.54, 1.807) is 4.90 Å². The zero-order valence-electron chi connectivity index (χ0n) is 14.8. The molecule has 3 rings (SSSR count). The highest BCUT2D eigenvalue weighted by Gasteiger charge is 2.21. The number of rotatable bonds is 5. The third-order valence-electron chi connectivity index (χ3n) is 5.06. The molecule has 1 aromatic carbocycles. The van der Waals surface area contributed by atoms with Crippen molar-refractivity contribution < 1.29 is 14.3 Å². The van der Waals surface area contributed by atoms with E-state index < -0.39 is 0 Å². The highest BCUT2D eigenvalue weighted by molar-refractivity contribution is 5.95. The fraction of sp³-hybridized carbons (Fsp3) is 0.600. The number of hydrogen-bond donors (Lipinski definition) is 1. The van der Waals surface area contributed by atoms with Gasteiger partial charge >= 0.3 is 0 Å². The second kappa shape index (κ2) is 8.88. The lowest BCUT2D eigenvalue weighted by atomic mass is 9.97. The van der Waals surface area contributed by atoms with E-state index in [-0.39, 0.29) is 18.4 Å². The molecule has 0 spiro atoms. The van der Waals surface area contributed by atoms with Crippen molar-refractivity contribution in [1.82, 2.24) is 5.32 Å². The van der Waals surface area contributed by atoms with E-state index in [1.807, 2.05) is 24.3 Å². The molecular weight excluding hydrogens is 316 g/mol. The average Bonchev–Trinajstić information content (AvgIpc) is 3.02. The summed E-state index contributed by atoms with van der Waals surface area (Å²) < 4.78 is 5.59. The minimum atomic E-state index is -0.0515. The van der Waals surface area contributed by atoms with Crippen LogP contribution in [0.25, 0.3) is 0 Å². The van der Waals surface area contributed by atoms with Crippen molar-refractivity contribution >= 4 is 17.5 Å². The normalized spacial score (nSPS) is 19.4. The van der Waals surface area contributed by atoms with Crippen molar-refractivity contribution in [2.75, 3.05) is 18.1 Å². The summed E-state index contributed by atoms with van der Waals surface area (Å²) in [4.78, 5) is 25.7. The topological polar surface area (TPSA) is 58.6 Å². The predicted octanol–water partition coefficient (Wildman–Crippen LogP) is 3.42. The average molecular weight is 344 g/mol. The SMILES string of the molecule is O=C(COc1ccc(N2CCCC2=O)cc1)NC1CCCCCCC1. The summed E-state index contributed by atoms with van der Waals surface area (Å²) in [5.74, 6) is 0.778. The number of amides is 2. The third-order valence-corrected chi connectivity index (χ3v) is 5.06. The van der Waals surface area contributed by atoms with Crippen LogP contribution in [-0.2, 0) is 9.59 Å². The van der Waals surface area contributed by atoms with Crippen molar-refractivity contribution in [1.29, 1.82) is 0 Å². The number of nitrogens with zero attached hydrogens (tertiary/aromatic N) is 1. The van der Waals surface area contributed by atoms with Gasteiger partial charge in [-0.15, -0.1) is 0 Å². The quantitative estimate of drug-likeness (QED) is 0.890. The Labute approximate surface area is 149 Å². The predicted molar refractivity (Wildman–Crippen MR) is 97.8 cm³/mol. The zero-order chi connectivity index (χ0) is 17.5. The lowest BCUT2D eigenvalue weighted by Gasteiger charge is -2.21. The summed E-state index contributed by atoms with van der Waals surface area (Å²) in [5, 5.41) is 3.10. The fourth-order valence-corrected chi connectivity index (χ4v) is 3.66. The second-order valence-corrected chi connectivity index (χ2v) is 7.04. The molecule has 1 aliphatic heterocycles. The van der Waals surface area contributed by atoms with Crippen molar-refractivity contribution in [2.24, 2.45) is 0 Å². The summed E-state index contributed by atoms with van der Waals surface area (Å²) in [6.07, 6.45) is 9.95. The molecule has 0 bridgehead atoms. The van der Waals surface area contributed by atoms with Crippen LogP contribution in [0.2, 0.25) is 0 Å². The summed E-state index contributed by atoms with van der Waals surface area (Å²) in [6, 6.07) is 7.70. The van der Waals surface area contributed by atoms with Crippen LogP contribution < -0.4 is 15.0 Å². The number of benzene rings is 1. The molecule has 0 radical (unpaired) electrons. The van der Waals surface area contributed by atoms with E-state index in [2.05, 4.69) is 5.32 Å². The maximum absolute atomic E-state index is 12.1. The fourth-order valence-electron chi connectivity index (χ4n) is 3.66. The van der Waals surface area contributed by atoms with Gasteiger partial charge in [0.25, 0.3) is 5.91 Å². The van der Waals surface area contributed by atoms with Crippen LogP contribution in [0.4, 0.5) is 5.69 Å². The van der Waals surface area contributed by atoms with Crippen LogP contribution in [0.15, 0.2) is 24.3 Å².